The molecule has 3 rings (SSSR count). The number of aromatic nitrogens is 1. The van der Waals surface area contributed by atoms with Crippen LogP contribution in [0.1, 0.15) is 12.8 Å². The second-order valence-corrected chi connectivity index (χ2v) is 6.71. The van der Waals surface area contributed by atoms with E-state index in [0.717, 1.165) is 37.2 Å². The zero-order valence-corrected chi connectivity index (χ0v) is 13.8. The molecule has 1 saturated heterocycles. The van der Waals surface area contributed by atoms with Crippen molar-refractivity contribution in [2.75, 3.05) is 31.6 Å². The molecule has 1 aromatic heterocycles. The van der Waals surface area contributed by atoms with E-state index in [1.807, 2.05) is 35.7 Å². The van der Waals surface area contributed by atoms with E-state index < -0.39 is 0 Å². The van der Waals surface area contributed by atoms with Crippen LogP contribution in [0.5, 0.6) is 0 Å². The topological polar surface area (TPSA) is 65.5 Å². The van der Waals surface area contributed by atoms with E-state index in [-0.39, 0.29) is 12.5 Å². The molecule has 2 N–H and O–H groups in total. The molecule has 0 bridgehead atoms. The summed E-state index contributed by atoms with van der Waals surface area (Å²) in [5.74, 6) is 0.364. The summed E-state index contributed by atoms with van der Waals surface area (Å²) in [5.41, 5.74) is 1.94. The maximum atomic E-state index is 12.1. The van der Waals surface area contributed by atoms with Gasteiger partial charge in [0.15, 0.2) is 5.13 Å². The number of nitrogens with zero attached hydrogens (tertiary/aromatic N) is 2. The Morgan fingerprint density at radius 2 is 2.04 bits per heavy atom. The number of aliphatic hydroxyl groups is 1. The van der Waals surface area contributed by atoms with E-state index in [1.165, 1.54) is 11.3 Å². The highest BCUT2D eigenvalue weighted by Crippen LogP contribution is 2.24. The van der Waals surface area contributed by atoms with Gasteiger partial charge in [-0.1, -0.05) is 30.3 Å². The van der Waals surface area contributed by atoms with Gasteiger partial charge in [0.05, 0.1) is 12.2 Å². The standard InChI is InChI=1S/C17H21N3O2S/c21-11-13-6-8-20(9-7-13)10-16(22)19-17-18-15(12-23-17)14-4-2-1-3-5-14/h1-5,12-13,21H,6-11H2,(H,18,19,22). The van der Waals surface area contributed by atoms with Crippen LogP contribution in [0.15, 0.2) is 35.7 Å². The van der Waals surface area contributed by atoms with Gasteiger partial charge in [-0.2, -0.15) is 0 Å². The van der Waals surface area contributed by atoms with Crippen molar-refractivity contribution in [2.45, 2.75) is 12.8 Å². The summed E-state index contributed by atoms with van der Waals surface area (Å²) in [7, 11) is 0. The normalized spacial score (nSPS) is 16.4. The maximum absolute atomic E-state index is 12.1. The van der Waals surface area contributed by atoms with Crippen LogP contribution in [-0.2, 0) is 4.79 Å². The quantitative estimate of drug-likeness (QED) is 0.883. The summed E-state index contributed by atoms with van der Waals surface area (Å²) in [6.07, 6.45) is 1.92. The molecule has 2 heterocycles. The molecular weight excluding hydrogens is 310 g/mol. The first-order valence-corrected chi connectivity index (χ1v) is 8.76. The van der Waals surface area contributed by atoms with Crippen LogP contribution in [0.25, 0.3) is 11.3 Å². The van der Waals surface area contributed by atoms with E-state index in [4.69, 9.17) is 5.11 Å². The van der Waals surface area contributed by atoms with Gasteiger partial charge in [-0.05, 0) is 31.8 Å². The summed E-state index contributed by atoms with van der Waals surface area (Å²) >= 11 is 1.44. The van der Waals surface area contributed by atoms with Gasteiger partial charge >= 0.3 is 0 Å². The molecular formula is C17H21N3O2S. The number of aliphatic hydroxyl groups excluding tert-OH is 1. The van der Waals surface area contributed by atoms with Crippen LogP contribution < -0.4 is 5.32 Å². The molecule has 2 aromatic rings. The Morgan fingerprint density at radius 3 is 2.74 bits per heavy atom. The van der Waals surface area contributed by atoms with Gasteiger partial charge in [-0.15, -0.1) is 11.3 Å². The van der Waals surface area contributed by atoms with Crippen molar-refractivity contribution in [2.24, 2.45) is 5.92 Å². The summed E-state index contributed by atoms with van der Waals surface area (Å²) in [6, 6.07) is 9.93. The Balaban J connectivity index is 1.52. The minimum Gasteiger partial charge on any atom is -0.396 e. The molecule has 1 aliphatic heterocycles. The minimum absolute atomic E-state index is 0.0265. The largest absolute Gasteiger partial charge is 0.396 e. The van der Waals surface area contributed by atoms with Crippen LogP contribution >= 0.6 is 11.3 Å². The number of anilines is 1. The van der Waals surface area contributed by atoms with Crippen molar-refractivity contribution in [1.82, 2.24) is 9.88 Å². The van der Waals surface area contributed by atoms with E-state index >= 15 is 0 Å². The van der Waals surface area contributed by atoms with Crippen molar-refractivity contribution in [1.29, 1.82) is 0 Å². The van der Waals surface area contributed by atoms with Crippen molar-refractivity contribution in [3.8, 4) is 11.3 Å². The van der Waals surface area contributed by atoms with E-state index in [2.05, 4.69) is 15.2 Å². The maximum Gasteiger partial charge on any atom is 0.240 e. The van der Waals surface area contributed by atoms with E-state index in [0.29, 0.717) is 17.6 Å². The molecule has 0 atom stereocenters. The predicted molar refractivity (Wildman–Crippen MR) is 92.4 cm³/mol. The molecule has 6 heteroatoms. The molecule has 0 aliphatic carbocycles. The summed E-state index contributed by atoms with van der Waals surface area (Å²) in [4.78, 5) is 18.7. The number of hydrogen-bond acceptors (Lipinski definition) is 5. The minimum atomic E-state index is -0.0265. The van der Waals surface area contributed by atoms with E-state index in [1.54, 1.807) is 0 Å². The highest BCUT2D eigenvalue weighted by Gasteiger charge is 2.20. The SMILES string of the molecule is O=C(CN1CCC(CO)CC1)Nc1nc(-c2ccccc2)cs1. The van der Waals surface area contributed by atoms with Crippen LogP contribution in [0, 0.1) is 5.92 Å². The molecule has 1 aliphatic rings. The summed E-state index contributed by atoms with van der Waals surface area (Å²) in [6.45, 7) is 2.37. The van der Waals surface area contributed by atoms with Crippen LogP contribution in [0.3, 0.4) is 0 Å². The van der Waals surface area contributed by atoms with Crippen LogP contribution in [-0.4, -0.2) is 47.1 Å². The van der Waals surface area contributed by atoms with Crippen molar-refractivity contribution in [3.63, 3.8) is 0 Å². The van der Waals surface area contributed by atoms with Crippen LogP contribution in [0.4, 0.5) is 5.13 Å². The molecule has 1 amide bonds. The van der Waals surface area contributed by atoms with Gasteiger partial charge in [0.2, 0.25) is 5.91 Å². The average molecular weight is 331 g/mol. The van der Waals surface area contributed by atoms with Gasteiger partial charge in [0, 0.05) is 17.6 Å². The fraction of sp³-hybridized carbons (Fsp3) is 0.412. The molecule has 23 heavy (non-hydrogen) atoms. The smallest absolute Gasteiger partial charge is 0.240 e. The predicted octanol–water partition coefficient (Wildman–Crippen LogP) is 2.45. The Kier molecular flexibility index (Phi) is 5.38. The van der Waals surface area contributed by atoms with Gasteiger partial charge in [-0.25, -0.2) is 4.98 Å². The number of nitrogens with one attached hydrogen (secondary N) is 1. The van der Waals surface area contributed by atoms with E-state index in [9.17, 15) is 4.79 Å². The van der Waals surface area contributed by atoms with Gasteiger partial charge in [0.25, 0.3) is 0 Å². The molecule has 0 spiro atoms. The van der Waals surface area contributed by atoms with Crippen LogP contribution in [0.2, 0.25) is 0 Å². The lowest BCUT2D eigenvalue weighted by atomic mass is 9.98. The second-order valence-electron chi connectivity index (χ2n) is 5.85. The summed E-state index contributed by atoms with van der Waals surface area (Å²) in [5, 5.41) is 14.6. The highest BCUT2D eigenvalue weighted by molar-refractivity contribution is 7.14. The van der Waals surface area contributed by atoms with Gasteiger partial charge < -0.3 is 10.4 Å². The third-order valence-electron chi connectivity index (χ3n) is 4.15. The number of thiazole rings is 1. The molecule has 0 saturated carbocycles. The third-order valence-corrected chi connectivity index (χ3v) is 4.91. The van der Waals surface area contributed by atoms with Gasteiger partial charge in [0.1, 0.15) is 0 Å². The fourth-order valence-corrected chi connectivity index (χ4v) is 3.50. The highest BCUT2D eigenvalue weighted by atomic mass is 32.1. The van der Waals surface area contributed by atoms with Crippen molar-refractivity contribution in [3.05, 3.63) is 35.7 Å². The number of piperidine rings is 1. The Bertz CT molecular complexity index is 636. The lowest BCUT2D eigenvalue weighted by Crippen LogP contribution is -2.39. The number of rotatable bonds is 5. The second kappa shape index (κ2) is 7.68. The monoisotopic (exact) mass is 331 g/mol. The molecule has 0 radical (unpaired) electrons. The Hall–Kier alpha value is -1.76. The number of hydrogen-bond donors (Lipinski definition) is 2. The van der Waals surface area contributed by atoms with Crippen molar-refractivity contribution < 1.29 is 9.90 Å². The van der Waals surface area contributed by atoms with Crippen molar-refractivity contribution >= 4 is 22.4 Å². The molecule has 122 valence electrons. The van der Waals surface area contributed by atoms with Gasteiger partial charge in [-0.3, -0.25) is 9.69 Å². The lowest BCUT2D eigenvalue weighted by molar-refractivity contribution is -0.117. The zero-order valence-electron chi connectivity index (χ0n) is 12.9. The number of benzene rings is 1. The fourth-order valence-electron chi connectivity index (χ4n) is 2.76. The average Bonchev–Trinajstić information content (AvgIpc) is 3.04. The summed E-state index contributed by atoms with van der Waals surface area (Å²) < 4.78 is 0. The number of carbonyl (C=O) groups excluding carboxylic acids is 1. The molecule has 1 fully saturated rings. The third kappa shape index (κ3) is 4.37. The Labute approximate surface area is 140 Å². The lowest BCUT2D eigenvalue weighted by Gasteiger charge is -2.30. The first-order valence-electron chi connectivity index (χ1n) is 7.88. The Morgan fingerprint density at radius 1 is 1.30 bits per heavy atom. The first-order chi connectivity index (χ1) is 11.2. The zero-order chi connectivity index (χ0) is 16.1. The number of carbonyl (C=O) groups is 1. The molecule has 0 unspecified atom stereocenters. The number of likely N-dealkylation sites (tertiary alicyclic amines) is 1. The number of amides is 1. The molecule has 5 nitrogen and oxygen atoms in total. The first kappa shape index (κ1) is 16.1. The molecule has 1 aromatic carbocycles.